The third-order valence-corrected chi connectivity index (χ3v) is 5.19. The number of aliphatic carboxylic acids is 2. The number of nitriles is 1. The smallest absolute Gasteiger partial charge is 0.338 e. The number of benzene rings is 2. The van der Waals surface area contributed by atoms with E-state index in [0.717, 1.165) is 22.9 Å². The molecular weight excluding hydrogens is 482 g/mol. The van der Waals surface area contributed by atoms with Gasteiger partial charge >= 0.3 is 17.9 Å². The van der Waals surface area contributed by atoms with Gasteiger partial charge in [0.25, 0.3) is 0 Å². The number of nitrogens with two attached hydrogens (primary N) is 1. The van der Waals surface area contributed by atoms with Crippen LogP contribution >= 0.6 is 0 Å². The van der Waals surface area contributed by atoms with Crippen LogP contribution in [0.5, 0.6) is 0 Å². The fraction of sp³-hybridized carbons (Fsp3) is 0.308. The molecule has 3 atom stereocenters. The average molecular weight is 512 g/mol. The number of aromatic nitrogens is 1. The zero-order chi connectivity index (χ0) is 27.5. The molecule has 0 fully saturated rings. The summed E-state index contributed by atoms with van der Waals surface area (Å²) in [6, 6.07) is 17.3. The van der Waals surface area contributed by atoms with Gasteiger partial charge in [0.1, 0.15) is 6.07 Å². The number of nitrogens with zero attached hydrogens (tertiary/aromatic N) is 2. The van der Waals surface area contributed by atoms with E-state index < -0.39 is 24.1 Å². The Bertz CT molecular complexity index is 1250. The van der Waals surface area contributed by atoms with Crippen molar-refractivity contribution in [3.8, 4) is 6.07 Å². The second-order valence-electron chi connectivity index (χ2n) is 8.31. The maximum Gasteiger partial charge on any atom is 0.338 e. The molecule has 0 aliphatic rings. The van der Waals surface area contributed by atoms with E-state index in [1.807, 2.05) is 48.0 Å². The van der Waals surface area contributed by atoms with Crippen LogP contribution in [0.2, 0.25) is 0 Å². The lowest BCUT2D eigenvalue weighted by Gasteiger charge is -2.10. The first-order chi connectivity index (χ1) is 17.5. The standard InChI is InChI=1S/C22H23N3O2.C4H6O6/c1-16(24)12-17-13-19-8-10-25(21(19)20(14-17)15-23)9-5-11-27-22(26)18-6-3-2-4-7-18;5-1(3(7)8)2(6)4(9)10/h2-4,6-8,10,13-14,16H,5,9,11-12,24H2,1H3;1-2,5-6H,(H,7,8)(H,9,10)/t16-;1-,2-/m11/s1. The van der Waals surface area contributed by atoms with Crippen LogP contribution in [0.25, 0.3) is 10.9 Å². The van der Waals surface area contributed by atoms with Crippen LogP contribution in [0.1, 0.15) is 34.8 Å². The Morgan fingerprint density at radius 1 is 1.05 bits per heavy atom. The zero-order valence-electron chi connectivity index (χ0n) is 20.2. The average Bonchev–Trinajstić information content (AvgIpc) is 3.28. The number of esters is 1. The summed E-state index contributed by atoms with van der Waals surface area (Å²) in [6.45, 7) is 2.96. The van der Waals surface area contributed by atoms with Gasteiger partial charge in [0.15, 0.2) is 12.2 Å². The number of rotatable bonds is 10. The van der Waals surface area contributed by atoms with Crippen molar-refractivity contribution < 1.29 is 39.5 Å². The van der Waals surface area contributed by atoms with Gasteiger partial charge in [-0.3, -0.25) is 0 Å². The van der Waals surface area contributed by atoms with E-state index in [1.54, 1.807) is 12.1 Å². The normalized spacial score (nSPS) is 12.9. The highest BCUT2D eigenvalue weighted by Gasteiger charge is 2.29. The van der Waals surface area contributed by atoms with E-state index in [2.05, 4.69) is 12.1 Å². The predicted molar refractivity (Wildman–Crippen MR) is 133 cm³/mol. The number of aryl methyl sites for hydroxylation is 1. The fourth-order valence-electron chi connectivity index (χ4n) is 3.50. The SMILES string of the molecule is C[C@@H](N)Cc1cc(C#N)c2c(ccn2CCCOC(=O)c2ccccc2)c1.O=C(O)[C@H](O)[C@@H](O)C(=O)O. The van der Waals surface area contributed by atoms with Crippen molar-refractivity contribution in [3.63, 3.8) is 0 Å². The van der Waals surface area contributed by atoms with Crippen molar-refractivity contribution in [2.24, 2.45) is 5.73 Å². The summed E-state index contributed by atoms with van der Waals surface area (Å²) in [5.74, 6) is -3.85. The summed E-state index contributed by atoms with van der Waals surface area (Å²) in [4.78, 5) is 31.5. The highest BCUT2D eigenvalue weighted by molar-refractivity contribution is 5.89. The monoisotopic (exact) mass is 511 g/mol. The fourth-order valence-corrected chi connectivity index (χ4v) is 3.50. The topological polar surface area (TPSA) is 196 Å². The van der Waals surface area contributed by atoms with Crippen LogP contribution in [0.15, 0.2) is 54.7 Å². The molecule has 0 saturated heterocycles. The Hall–Kier alpha value is -4.24. The van der Waals surface area contributed by atoms with Crippen molar-refractivity contribution in [2.75, 3.05) is 6.61 Å². The highest BCUT2D eigenvalue weighted by atomic mass is 16.5. The van der Waals surface area contributed by atoms with Gasteiger partial charge in [0.05, 0.1) is 23.3 Å². The molecule has 0 radical (unpaired) electrons. The maximum atomic E-state index is 12.0. The van der Waals surface area contributed by atoms with Crippen molar-refractivity contribution >= 4 is 28.8 Å². The Balaban J connectivity index is 0.000000410. The van der Waals surface area contributed by atoms with E-state index in [9.17, 15) is 19.6 Å². The van der Waals surface area contributed by atoms with Gasteiger partial charge in [-0.15, -0.1) is 0 Å². The van der Waals surface area contributed by atoms with Crippen LogP contribution < -0.4 is 5.73 Å². The molecule has 0 amide bonds. The van der Waals surface area contributed by atoms with Crippen molar-refractivity contribution in [3.05, 3.63) is 71.4 Å². The molecule has 11 nitrogen and oxygen atoms in total. The second-order valence-corrected chi connectivity index (χ2v) is 8.31. The molecular formula is C26H29N3O8. The first kappa shape index (κ1) is 29.0. The second kappa shape index (κ2) is 13.7. The third-order valence-electron chi connectivity index (χ3n) is 5.19. The minimum Gasteiger partial charge on any atom is -0.479 e. The lowest BCUT2D eigenvalue weighted by molar-refractivity contribution is -0.165. The summed E-state index contributed by atoms with van der Waals surface area (Å²) in [7, 11) is 0. The first-order valence-corrected chi connectivity index (χ1v) is 11.4. The number of carbonyl (C=O) groups excluding carboxylic acids is 1. The first-order valence-electron chi connectivity index (χ1n) is 11.4. The molecule has 1 aromatic heterocycles. The van der Waals surface area contributed by atoms with E-state index in [-0.39, 0.29) is 12.0 Å². The summed E-state index contributed by atoms with van der Waals surface area (Å²) >= 11 is 0. The maximum absolute atomic E-state index is 12.0. The Morgan fingerprint density at radius 3 is 2.22 bits per heavy atom. The Labute approximate surface area is 212 Å². The summed E-state index contributed by atoms with van der Waals surface area (Å²) in [5.41, 5.74) is 9.07. The van der Waals surface area contributed by atoms with Crippen LogP contribution in [0.4, 0.5) is 0 Å². The molecule has 196 valence electrons. The number of carboxylic acid groups (broad SMARTS) is 2. The van der Waals surface area contributed by atoms with Crippen molar-refractivity contribution in [1.29, 1.82) is 5.26 Å². The lowest BCUT2D eigenvalue weighted by atomic mass is 10.0. The van der Waals surface area contributed by atoms with Gasteiger partial charge in [0.2, 0.25) is 0 Å². The number of aliphatic hydroxyl groups is 2. The molecule has 0 aliphatic carbocycles. The Morgan fingerprint density at radius 2 is 1.68 bits per heavy atom. The Kier molecular flexibility index (Phi) is 10.8. The molecule has 0 bridgehead atoms. The number of hydrogen-bond acceptors (Lipinski definition) is 8. The minimum absolute atomic E-state index is 0.0513. The van der Waals surface area contributed by atoms with Crippen molar-refractivity contribution in [1.82, 2.24) is 4.57 Å². The molecule has 1 heterocycles. The molecule has 0 unspecified atom stereocenters. The quantitative estimate of drug-likeness (QED) is 0.197. The molecule has 37 heavy (non-hydrogen) atoms. The summed E-state index contributed by atoms with van der Waals surface area (Å²) in [5, 5.41) is 43.1. The number of ether oxygens (including phenoxy) is 1. The van der Waals surface area contributed by atoms with Gasteiger partial charge in [-0.1, -0.05) is 18.2 Å². The predicted octanol–water partition coefficient (Wildman–Crippen LogP) is 1.53. The zero-order valence-corrected chi connectivity index (χ0v) is 20.2. The number of hydrogen-bond donors (Lipinski definition) is 5. The third kappa shape index (κ3) is 8.43. The molecule has 3 aromatic rings. The molecule has 3 rings (SSSR count). The van der Waals surface area contributed by atoms with Gasteiger partial charge in [-0.05, 0) is 55.7 Å². The van der Waals surface area contributed by atoms with E-state index >= 15 is 0 Å². The number of fused-ring (bicyclic) bond motifs is 1. The number of aliphatic hydroxyl groups excluding tert-OH is 2. The summed E-state index contributed by atoms with van der Waals surface area (Å²) < 4.78 is 7.37. The summed E-state index contributed by atoms with van der Waals surface area (Å²) in [6.07, 6.45) is -1.14. The molecule has 11 heteroatoms. The molecule has 0 spiro atoms. The number of carbonyl (C=O) groups is 3. The largest absolute Gasteiger partial charge is 0.479 e. The van der Waals surface area contributed by atoms with E-state index in [4.69, 9.17) is 30.9 Å². The van der Waals surface area contributed by atoms with E-state index in [0.29, 0.717) is 30.7 Å². The molecule has 6 N–H and O–H groups in total. The van der Waals surface area contributed by atoms with E-state index in [1.165, 1.54) is 0 Å². The van der Waals surface area contributed by atoms with Gasteiger partial charge in [-0.2, -0.15) is 5.26 Å². The van der Waals surface area contributed by atoms with Gasteiger partial charge in [0, 0.05) is 24.2 Å². The highest BCUT2D eigenvalue weighted by Crippen LogP contribution is 2.23. The van der Waals surface area contributed by atoms with Crippen LogP contribution in [-0.2, 0) is 27.3 Å². The minimum atomic E-state index is -2.27. The van der Waals surface area contributed by atoms with Gasteiger partial charge < -0.3 is 35.5 Å². The van der Waals surface area contributed by atoms with Crippen molar-refractivity contribution in [2.45, 2.75) is 44.6 Å². The lowest BCUT2D eigenvalue weighted by Crippen LogP contribution is -2.39. The molecule has 0 saturated carbocycles. The van der Waals surface area contributed by atoms with Crippen LogP contribution in [0.3, 0.4) is 0 Å². The van der Waals surface area contributed by atoms with Crippen LogP contribution in [-0.4, -0.2) is 67.8 Å². The van der Waals surface area contributed by atoms with Gasteiger partial charge in [-0.25, -0.2) is 14.4 Å². The molecule has 0 aliphatic heterocycles. The molecule has 2 aromatic carbocycles. The number of carboxylic acids is 2. The van der Waals surface area contributed by atoms with Crippen LogP contribution in [0, 0.1) is 11.3 Å².